The molecule has 0 atom stereocenters. The van der Waals surface area contributed by atoms with E-state index in [0.717, 1.165) is 5.56 Å². The minimum atomic E-state index is -0.0927. The molecule has 0 fully saturated rings. The molecule has 6 heteroatoms. The zero-order valence-corrected chi connectivity index (χ0v) is 9.14. The van der Waals surface area contributed by atoms with Crippen molar-refractivity contribution in [3.8, 4) is 6.01 Å². The maximum Gasteiger partial charge on any atom is 0.316 e. The molecule has 16 heavy (non-hydrogen) atoms. The molecule has 0 saturated carbocycles. The summed E-state index contributed by atoms with van der Waals surface area (Å²) in [7, 11) is 1.50. The predicted octanol–water partition coefficient (Wildman–Crippen LogP) is -0.474. The molecule has 1 aromatic heterocycles. The van der Waals surface area contributed by atoms with Crippen molar-refractivity contribution in [2.45, 2.75) is 12.8 Å². The summed E-state index contributed by atoms with van der Waals surface area (Å²) in [4.78, 5) is 19.1. The van der Waals surface area contributed by atoms with Gasteiger partial charge in [0.2, 0.25) is 5.91 Å². The molecular weight excluding hydrogens is 210 g/mol. The number of hydrogen-bond donors (Lipinski definition) is 2. The van der Waals surface area contributed by atoms with Crippen molar-refractivity contribution in [3.63, 3.8) is 0 Å². The number of aliphatic hydroxyl groups excluding tert-OH is 1. The number of amides is 1. The summed E-state index contributed by atoms with van der Waals surface area (Å²) < 4.78 is 4.82. The second-order valence-electron chi connectivity index (χ2n) is 3.15. The van der Waals surface area contributed by atoms with Crippen LogP contribution in [0.3, 0.4) is 0 Å². The van der Waals surface area contributed by atoms with Crippen LogP contribution in [0.4, 0.5) is 0 Å². The van der Waals surface area contributed by atoms with Crippen LogP contribution in [0.15, 0.2) is 12.4 Å². The molecule has 1 rings (SSSR count). The summed E-state index contributed by atoms with van der Waals surface area (Å²) >= 11 is 0. The smallest absolute Gasteiger partial charge is 0.316 e. The molecule has 0 bridgehead atoms. The van der Waals surface area contributed by atoms with Gasteiger partial charge < -0.3 is 15.2 Å². The number of aryl methyl sites for hydroxylation is 1. The minimum absolute atomic E-state index is 0.0443. The Hall–Kier alpha value is -1.69. The number of hydrogen-bond acceptors (Lipinski definition) is 5. The Balaban J connectivity index is 2.33. The van der Waals surface area contributed by atoms with Crippen LogP contribution < -0.4 is 10.1 Å². The highest BCUT2D eigenvalue weighted by atomic mass is 16.5. The average molecular weight is 225 g/mol. The highest BCUT2D eigenvalue weighted by Gasteiger charge is 2.02. The molecule has 0 aliphatic rings. The van der Waals surface area contributed by atoms with E-state index < -0.39 is 0 Å². The lowest BCUT2D eigenvalue weighted by Crippen LogP contribution is -2.26. The fraction of sp³-hybridized carbons (Fsp3) is 0.500. The highest BCUT2D eigenvalue weighted by Crippen LogP contribution is 2.03. The largest absolute Gasteiger partial charge is 0.467 e. The van der Waals surface area contributed by atoms with Gasteiger partial charge in [0.1, 0.15) is 0 Å². The van der Waals surface area contributed by atoms with Gasteiger partial charge in [-0.3, -0.25) is 4.79 Å². The topological polar surface area (TPSA) is 84.3 Å². The van der Waals surface area contributed by atoms with E-state index in [2.05, 4.69) is 15.3 Å². The van der Waals surface area contributed by atoms with Crippen molar-refractivity contribution >= 4 is 5.91 Å². The lowest BCUT2D eigenvalue weighted by molar-refractivity contribution is -0.121. The van der Waals surface area contributed by atoms with Crippen molar-refractivity contribution in [2.24, 2.45) is 0 Å². The molecular formula is C10H15N3O3. The van der Waals surface area contributed by atoms with Crippen molar-refractivity contribution in [3.05, 3.63) is 18.0 Å². The fourth-order valence-corrected chi connectivity index (χ4v) is 1.12. The van der Waals surface area contributed by atoms with Crippen LogP contribution in [0.25, 0.3) is 0 Å². The van der Waals surface area contributed by atoms with E-state index in [4.69, 9.17) is 9.84 Å². The molecule has 1 aromatic rings. The van der Waals surface area contributed by atoms with Crippen molar-refractivity contribution in [1.82, 2.24) is 15.3 Å². The highest BCUT2D eigenvalue weighted by molar-refractivity contribution is 5.76. The van der Waals surface area contributed by atoms with E-state index in [0.29, 0.717) is 18.9 Å². The minimum Gasteiger partial charge on any atom is -0.467 e. The molecule has 0 spiro atoms. The van der Waals surface area contributed by atoms with Gasteiger partial charge in [0.25, 0.3) is 0 Å². The Morgan fingerprint density at radius 3 is 2.75 bits per heavy atom. The lowest BCUT2D eigenvalue weighted by atomic mass is 10.2. The quantitative estimate of drug-likeness (QED) is 0.683. The summed E-state index contributed by atoms with van der Waals surface area (Å²) in [6.45, 7) is 0.245. The first-order chi connectivity index (χ1) is 7.76. The van der Waals surface area contributed by atoms with Crippen molar-refractivity contribution < 1.29 is 14.6 Å². The maximum absolute atomic E-state index is 11.2. The van der Waals surface area contributed by atoms with Crippen LogP contribution in [0.5, 0.6) is 6.01 Å². The van der Waals surface area contributed by atoms with Gasteiger partial charge in [-0.25, -0.2) is 9.97 Å². The summed E-state index contributed by atoms with van der Waals surface area (Å²) in [5.74, 6) is -0.0927. The number of aromatic nitrogens is 2. The fourth-order valence-electron chi connectivity index (χ4n) is 1.12. The Morgan fingerprint density at radius 1 is 1.50 bits per heavy atom. The molecule has 0 aliphatic carbocycles. The number of aliphatic hydroxyl groups is 1. The second kappa shape index (κ2) is 6.73. The first-order valence-electron chi connectivity index (χ1n) is 4.98. The third kappa shape index (κ3) is 4.22. The Bertz CT molecular complexity index is 327. The van der Waals surface area contributed by atoms with Crippen LogP contribution in [-0.4, -0.2) is 41.2 Å². The zero-order valence-electron chi connectivity index (χ0n) is 9.14. The molecule has 0 aliphatic heterocycles. The van der Waals surface area contributed by atoms with Gasteiger partial charge in [0.15, 0.2) is 0 Å². The van der Waals surface area contributed by atoms with Gasteiger partial charge in [-0.05, 0) is 12.0 Å². The predicted molar refractivity (Wildman–Crippen MR) is 57.0 cm³/mol. The molecule has 0 radical (unpaired) electrons. The summed E-state index contributed by atoms with van der Waals surface area (Å²) in [6.07, 6.45) is 4.19. The first-order valence-corrected chi connectivity index (χ1v) is 4.98. The molecule has 1 amide bonds. The average Bonchev–Trinajstić information content (AvgIpc) is 2.34. The zero-order chi connectivity index (χ0) is 11.8. The number of rotatable bonds is 6. The number of methoxy groups -OCH3 is 1. The van der Waals surface area contributed by atoms with Gasteiger partial charge in [0.05, 0.1) is 13.7 Å². The molecule has 0 saturated heterocycles. The van der Waals surface area contributed by atoms with E-state index in [-0.39, 0.29) is 19.1 Å². The van der Waals surface area contributed by atoms with Crippen LogP contribution in [0, 0.1) is 0 Å². The van der Waals surface area contributed by atoms with Gasteiger partial charge in [-0.1, -0.05) is 0 Å². The standard InChI is InChI=1S/C10H15N3O3/c1-16-10-12-6-8(7-13-10)2-3-9(15)11-4-5-14/h6-7,14H,2-5H2,1H3,(H,11,15). The molecule has 0 unspecified atom stereocenters. The van der Waals surface area contributed by atoms with E-state index in [1.165, 1.54) is 7.11 Å². The lowest BCUT2D eigenvalue weighted by Gasteiger charge is -2.03. The van der Waals surface area contributed by atoms with Gasteiger partial charge in [-0.15, -0.1) is 0 Å². The van der Waals surface area contributed by atoms with Crippen molar-refractivity contribution in [2.75, 3.05) is 20.3 Å². The van der Waals surface area contributed by atoms with Gasteiger partial charge in [-0.2, -0.15) is 0 Å². The Kier molecular flexibility index (Phi) is 5.21. The van der Waals surface area contributed by atoms with Gasteiger partial charge >= 0.3 is 6.01 Å². The third-order valence-electron chi connectivity index (χ3n) is 1.94. The molecule has 88 valence electrons. The van der Waals surface area contributed by atoms with Gasteiger partial charge in [0, 0.05) is 25.4 Å². The Labute approximate surface area is 93.7 Å². The molecule has 1 heterocycles. The monoisotopic (exact) mass is 225 g/mol. The van der Waals surface area contributed by atoms with E-state index in [9.17, 15) is 4.79 Å². The normalized spacial score (nSPS) is 9.88. The van der Waals surface area contributed by atoms with Crippen LogP contribution in [-0.2, 0) is 11.2 Å². The number of nitrogens with one attached hydrogen (secondary N) is 1. The van der Waals surface area contributed by atoms with E-state index in [1.54, 1.807) is 12.4 Å². The number of carbonyl (C=O) groups is 1. The van der Waals surface area contributed by atoms with E-state index in [1.807, 2.05) is 0 Å². The molecule has 2 N–H and O–H groups in total. The summed E-state index contributed by atoms with van der Waals surface area (Å²) in [5, 5.41) is 11.1. The molecule has 6 nitrogen and oxygen atoms in total. The number of nitrogens with zero attached hydrogens (tertiary/aromatic N) is 2. The molecule has 0 aromatic carbocycles. The SMILES string of the molecule is COc1ncc(CCC(=O)NCCO)cn1. The van der Waals surface area contributed by atoms with Crippen LogP contribution >= 0.6 is 0 Å². The summed E-state index contributed by atoms with van der Waals surface area (Å²) in [5.41, 5.74) is 0.875. The number of carbonyl (C=O) groups excluding carboxylic acids is 1. The van der Waals surface area contributed by atoms with Crippen LogP contribution in [0.2, 0.25) is 0 Å². The van der Waals surface area contributed by atoms with E-state index >= 15 is 0 Å². The van der Waals surface area contributed by atoms with Crippen LogP contribution in [0.1, 0.15) is 12.0 Å². The maximum atomic E-state index is 11.2. The second-order valence-corrected chi connectivity index (χ2v) is 3.15. The first kappa shape index (κ1) is 12.4. The Morgan fingerprint density at radius 2 is 2.19 bits per heavy atom. The third-order valence-corrected chi connectivity index (χ3v) is 1.94. The summed E-state index contributed by atoms with van der Waals surface area (Å²) in [6, 6.07) is 0.313. The van der Waals surface area contributed by atoms with Crippen molar-refractivity contribution in [1.29, 1.82) is 0 Å². The number of ether oxygens (including phenoxy) is 1.